The van der Waals surface area contributed by atoms with Gasteiger partial charge in [-0.25, -0.2) is 14.6 Å². The van der Waals surface area contributed by atoms with Crippen LogP contribution < -0.4 is 10.6 Å². The van der Waals surface area contributed by atoms with Gasteiger partial charge in [-0.05, 0) is 17.7 Å². The molecule has 30 heavy (non-hydrogen) atoms. The number of amides is 2. The van der Waals surface area contributed by atoms with Crippen LogP contribution in [-0.2, 0) is 20.9 Å². The maximum absolute atomic E-state index is 12.4. The fraction of sp³-hybridized carbons (Fsp3) is 0.182. The van der Waals surface area contributed by atoms with Gasteiger partial charge in [0.1, 0.15) is 18.3 Å². The Morgan fingerprint density at radius 2 is 1.70 bits per heavy atom. The molecule has 2 amide bonds. The lowest BCUT2D eigenvalue weighted by Crippen LogP contribution is -2.49. The van der Waals surface area contributed by atoms with E-state index in [2.05, 4.69) is 15.6 Å². The lowest BCUT2D eigenvalue weighted by atomic mass is 10.2. The van der Waals surface area contributed by atoms with Crippen LogP contribution in [0.5, 0.6) is 0 Å². The molecule has 8 heteroatoms. The number of nitrogens with one attached hydrogen (secondary N) is 2. The average Bonchev–Trinajstić information content (AvgIpc) is 2.80. The minimum atomic E-state index is -1.11. The van der Waals surface area contributed by atoms with Gasteiger partial charge in [-0.2, -0.15) is 0 Å². The number of carbonyl (C=O) groups excluding carboxylic acids is 3. The molecule has 1 atom stereocenters. The molecule has 0 saturated carbocycles. The van der Waals surface area contributed by atoms with E-state index in [-0.39, 0.29) is 18.8 Å². The number of hydrogen-bond acceptors (Lipinski definition) is 6. The number of esters is 1. The molecular weight excluding hydrogens is 386 g/mol. The van der Waals surface area contributed by atoms with Crippen LogP contribution in [-0.4, -0.2) is 42.7 Å². The minimum absolute atomic E-state index is 0.0495. The molecule has 8 nitrogen and oxygen atoms in total. The highest BCUT2D eigenvalue weighted by Gasteiger charge is 2.23. The number of benzene rings is 2. The van der Waals surface area contributed by atoms with E-state index in [4.69, 9.17) is 9.47 Å². The first-order valence-electron chi connectivity index (χ1n) is 9.26. The highest BCUT2D eigenvalue weighted by atomic mass is 16.6. The van der Waals surface area contributed by atoms with Crippen LogP contribution >= 0.6 is 0 Å². The summed E-state index contributed by atoms with van der Waals surface area (Å²) >= 11 is 0. The first-order chi connectivity index (χ1) is 14.6. The first-order valence-corrected chi connectivity index (χ1v) is 9.26. The largest absolute Gasteiger partial charge is 0.467 e. The quantitative estimate of drug-likeness (QED) is 0.583. The van der Waals surface area contributed by atoms with Gasteiger partial charge in [0.2, 0.25) is 0 Å². The van der Waals surface area contributed by atoms with Crippen LogP contribution in [0, 0.1) is 0 Å². The lowest BCUT2D eigenvalue weighted by molar-refractivity contribution is -0.142. The molecule has 0 saturated heterocycles. The zero-order valence-corrected chi connectivity index (χ0v) is 16.3. The number of methoxy groups -OCH3 is 1. The van der Waals surface area contributed by atoms with Gasteiger partial charge in [0, 0.05) is 11.9 Å². The van der Waals surface area contributed by atoms with E-state index in [0.29, 0.717) is 5.52 Å². The molecule has 3 rings (SSSR count). The molecule has 0 radical (unpaired) electrons. The predicted molar refractivity (Wildman–Crippen MR) is 110 cm³/mol. The number of rotatable bonds is 7. The SMILES string of the molecule is COC(=O)C(CNC(=O)c1ccc2ccccc2n1)NC(=O)OCc1ccccc1. The number of carbonyl (C=O) groups is 3. The number of hydrogen-bond donors (Lipinski definition) is 2. The molecule has 0 bridgehead atoms. The molecule has 0 aliphatic rings. The number of ether oxygens (including phenoxy) is 2. The lowest BCUT2D eigenvalue weighted by Gasteiger charge is -2.17. The van der Waals surface area contributed by atoms with E-state index in [1.54, 1.807) is 18.2 Å². The number of alkyl carbamates (subject to hydrolysis) is 1. The number of aromatic nitrogens is 1. The molecule has 1 unspecified atom stereocenters. The van der Waals surface area contributed by atoms with Gasteiger partial charge < -0.3 is 20.1 Å². The van der Waals surface area contributed by atoms with Crippen molar-refractivity contribution >= 4 is 28.9 Å². The summed E-state index contributed by atoms with van der Waals surface area (Å²) < 4.78 is 9.81. The molecule has 2 aromatic carbocycles. The molecule has 0 fully saturated rings. The average molecular weight is 407 g/mol. The second-order valence-corrected chi connectivity index (χ2v) is 6.38. The van der Waals surface area contributed by atoms with E-state index in [1.165, 1.54) is 7.11 Å². The highest BCUT2D eigenvalue weighted by Crippen LogP contribution is 2.11. The third-order valence-electron chi connectivity index (χ3n) is 4.29. The second kappa shape index (κ2) is 10.0. The summed E-state index contributed by atoms with van der Waals surface area (Å²) in [4.78, 5) is 40.8. The number of pyridine rings is 1. The van der Waals surface area contributed by atoms with Crippen molar-refractivity contribution in [3.8, 4) is 0 Å². The third-order valence-corrected chi connectivity index (χ3v) is 4.29. The van der Waals surface area contributed by atoms with Crippen molar-refractivity contribution in [2.24, 2.45) is 0 Å². The third kappa shape index (κ3) is 5.54. The Morgan fingerprint density at radius 3 is 2.47 bits per heavy atom. The van der Waals surface area contributed by atoms with E-state index in [9.17, 15) is 14.4 Å². The molecule has 0 aliphatic heterocycles. The fourth-order valence-electron chi connectivity index (χ4n) is 2.72. The van der Waals surface area contributed by atoms with Crippen LogP contribution in [0.3, 0.4) is 0 Å². The predicted octanol–water partition coefficient (Wildman–Crippen LogP) is 2.43. The molecule has 0 aliphatic carbocycles. The van der Waals surface area contributed by atoms with Crippen molar-refractivity contribution in [3.63, 3.8) is 0 Å². The Bertz CT molecular complexity index is 1040. The summed E-state index contributed by atoms with van der Waals surface area (Å²) in [7, 11) is 1.19. The molecule has 1 heterocycles. The van der Waals surface area contributed by atoms with Crippen molar-refractivity contribution in [2.75, 3.05) is 13.7 Å². The van der Waals surface area contributed by atoms with Gasteiger partial charge in [0.15, 0.2) is 0 Å². The summed E-state index contributed by atoms with van der Waals surface area (Å²) in [6, 6.07) is 18.8. The number of para-hydroxylation sites is 1. The van der Waals surface area contributed by atoms with Gasteiger partial charge in [-0.1, -0.05) is 54.6 Å². The summed E-state index contributed by atoms with van der Waals surface area (Å²) in [6.45, 7) is -0.131. The van der Waals surface area contributed by atoms with Crippen LogP contribution in [0.1, 0.15) is 16.1 Å². The minimum Gasteiger partial charge on any atom is -0.467 e. The Labute approximate surface area is 173 Å². The van der Waals surface area contributed by atoms with Gasteiger partial charge in [0.25, 0.3) is 5.91 Å². The molecule has 0 spiro atoms. The van der Waals surface area contributed by atoms with Crippen LogP contribution in [0.2, 0.25) is 0 Å². The Balaban J connectivity index is 1.57. The van der Waals surface area contributed by atoms with E-state index >= 15 is 0 Å². The molecular formula is C22H21N3O5. The second-order valence-electron chi connectivity index (χ2n) is 6.38. The van der Waals surface area contributed by atoms with Crippen LogP contribution in [0.15, 0.2) is 66.7 Å². The first kappa shape index (κ1) is 20.8. The smallest absolute Gasteiger partial charge is 0.408 e. The number of fused-ring (bicyclic) bond motifs is 1. The molecule has 154 valence electrons. The molecule has 2 N–H and O–H groups in total. The van der Waals surface area contributed by atoms with Gasteiger partial charge >= 0.3 is 12.1 Å². The zero-order valence-electron chi connectivity index (χ0n) is 16.3. The van der Waals surface area contributed by atoms with Crippen molar-refractivity contribution in [2.45, 2.75) is 12.6 Å². The molecule has 3 aromatic rings. The van der Waals surface area contributed by atoms with E-state index in [1.807, 2.05) is 48.5 Å². The normalized spacial score (nSPS) is 11.4. The topological polar surface area (TPSA) is 107 Å². The maximum Gasteiger partial charge on any atom is 0.408 e. The van der Waals surface area contributed by atoms with Crippen molar-refractivity contribution < 1.29 is 23.9 Å². The zero-order chi connectivity index (χ0) is 21.3. The van der Waals surface area contributed by atoms with Crippen molar-refractivity contribution in [1.82, 2.24) is 15.6 Å². The van der Waals surface area contributed by atoms with Gasteiger partial charge in [-0.3, -0.25) is 4.79 Å². The van der Waals surface area contributed by atoms with Crippen LogP contribution in [0.4, 0.5) is 4.79 Å². The Morgan fingerprint density at radius 1 is 0.967 bits per heavy atom. The van der Waals surface area contributed by atoms with E-state index < -0.39 is 24.0 Å². The monoisotopic (exact) mass is 407 g/mol. The Kier molecular flexibility index (Phi) is 6.94. The Hall–Kier alpha value is -3.94. The highest BCUT2D eigenvalue weighted by molar-refractivity contribution is 5.95. The molecule has 1 aromatic heterocycles. The van der Waals surface area contributed by atoms with Crippen LogP contribution in [0.25, 0.3) is 10.9 Å². The summed E-state index contributed by atoms with van der Waals surface area (Å²) in [5, 5.41) is 5.90. The van der Waals surface area contributed by atoms with Gasteiger partial charge in [0.05, 0.1) is 12.6 Å². The number of nitrogens with zero attached hydrogens (tertiary/aromatic N) is 1. The standard InChI is InChI=1S/C22H21N3O5/c1-29-21(27)19(25-22(28)30-14-15-7-3-2-4-8-15)13-23-20(26)18-12-11-16-9-5-6-10-17(16)24-18/h2-12,19H,13-14H2,1H3,(H,23,26)(H,25,28). The summed E-state index contributed by atoms with van der Waals surface area (Å²) in [5.74, 6) is -1.19. The summed E-state index contributed by atoms with van der Waals surface area (Å²) in [6.07, 6.45) is -0.799. The van der Waals surface area contributed by atoms with Crippen molar-refractivity contribution in [3.05, 3.63) is 78.0 Å². The fourth-order valence-corrected chi connectivity index (χ4v) is 2.72. The maximum atomic E-state index is 12.4. The van der Waals surface area contributed by atoms with Gasteiger partial charge in [-0.15, -0.1) is 0 Å². The van der Waals surface area contributed by atoms with E-state index in [0.717, 1.165) is 10.9 Å². The van der Waals surface area contributed by atoms with Crippen molar-refractivity contribution in [1.29, 1.82) is 0 Å². The summed E-state index contributed by atoms with van der Waals surface area (Å²) in [5.41, 5.74) is 1.68.